The molecule has 0 aromatic heterocycles. The third-order valence-electron chi connectivity index (χ3n) is 7.78. The largest absolute Gasteiger partial charge is 0.497 e. The van der Waals surface area contributed by atoms with E-state index in [0.717, 1.165) is 5.56 Å². The van der Waals surface area contributed by atoms with E-state index < -0.39 is 51.7 Å². The quantitative estimate of drug-likeness (QED) is 0.132. The summed E-state index contributed by atoms with van der Waals surface area (Å²) < 4.78 is 33.8. The topological polar surface area (TPSA) is 160 Å². The number of carbonyl (C=O) groups excluding carboxylic acids is 4. The number of hydrogen-bond donors (Lipinski definition) is 4. The van der Waals surface area contributed by atoms with Gasteiger partial charge in [-0.25, -0.2) is 8.42 Å². The number of hydrogen-bond acceptors (Lipinski definition) is 7. The summed E-state index contributed by atoms with van der Waals surface area (Å²) in [5.41, 5.74) is 2.65. The van der Waals surface area contributed by atoms with Crippen LogP contribution in [-0.2, 0) is 48.6 Å². The van der Waals surface area contributed by atoms with Gasteiger partial charge in [-0.2, -0.15) is 4.72 Å². The molecule has 4 rings (SSSR count). The molecule has 256 valence electrons. The third kappa shape index (κ3) is 10.6. The Morgan fingerprint density at radius 2 is 1.20 bits per heavy atom. The number of aryl methyl sites for hydroxylation is 1. The zero-order valence-corrected chi connectivity index (χ0v) is 28.3. The highest BCUT2D eigenvalue weighted by atomic mass is 32.2. The summed E-state index contributed by atoms with van der Waals surface area (Å²) in [4.78, 5) is 53.9. The van der Waals surface area contributed by atoms with E-state index in [-0.39, 0.29) is 24.3 Å². The zero-order valence-electron chi connectivity index (χ0n) is 27.5. The Labute approximate surface area is 286 Å². The van der Waals surface area contributed by atoms with E-state index in [0.29, 0.717) is 22.4 Å². The number of ketones is 1. The van der Waals surface area contributed by atoms with Crippen LogP contribution in [0.2, 0.25) is 0 Å². The van der Waals surface area contributed by atoms with Gasteiger partial charge in [0.2, 0.25) is 27.6 Å². The van der Waals surface area contributed by atoms with E-state index in [4.69, 9.17) is 4.74 Å². The number of rotatable bonds is 16. The van der Waals surface area contributed by atoms with Gasteiger partial charge in [0.1, 0.15) is 17.8 Å². The molecule has 3 unspecified atom stereocenters. The molecule has 0 saturated carbocycles. The molecule has 4 aromatic rings. The number of amides is 3. The summed E-state index contributed by atoms with van der Waals surface area (Å²) in [6, 6.07) is 27.4. The lowest BCUT2D eigenvalue weighted by Gasteiger charge is -2.24. The van der Waals surface area contributed by atoms with Crippen molar-refractivity contribution in [3.05, 3.63) is 131 Å². The summed E-state index contributed by atoms with van der Waals surface area (Å²) in [7, 11) is -2.55. The molecule has 11 nitrogen and oxygen atoms in total. The molecule has 0 heterocycles. The molecule has 49 heavy (non-hydrogen) atoms. The van der Waals surface area contributed by atoms with Crippen LogP contribution in [0.25, 0.3) is 0 Å². The van der Waals surface area contributed by atoms with Gasteiger partial charge in [-0.05, 0) is 54.3 Å². The van der Waals surface area contributed by atoms with Crippen molar-refractivity contribution in [3.63, 3.8) is 0 Å². The molecule has 0 fully saturated rings. The van der Waals surface area contributed by atoms with Gasteiger partial charge < -0.3 is 20.7 Å². The van der Waals surface area contributed by atoms with Gasteiger partial charge in [0.15, 0.2) is 0 Å². The van der Waals surface area contributed by atoms with E-state index in [9.17, 15) is 27.6 Å². The van der Waals surface area contributed by atoms with Crippen LogP contribution in [0.15, 0.2) is 114 Å². The zero-order chi connectivity index (χ0) is 35.4. The molecule has 0 aliphatic carbocycles. The fourth-order valence-electron chi connectivity index (χ4n) is 5.07. The number of methoxy groups -OCH3 is 1. The number of Topliss-reactive ketones (excluding diaryl/α,β-unsaturated/α-hetero) is 1. The molecule has 0 bridgehead atoms. The predicted molar refractivity (Wildman–Crippen MR) is 185 cm³/mol. The van der Waals surface area contributed by atoms with E-state index in [2.05, 4.69) is 20.7 Å². The molecule has 12 heteroatoms. The van der Waals surface area contributed by atoms with Crippen LogP contribution in [0.1, 0.15) is 29.2 Å². The minimum Gasteiger partial charge on any atom is -0.497 e. The molecule has 0 aliphatic heterocycles. The molecule has 4 aromatic carbocycles. The second-order valence-electron chi connectivity index (χ2n) is 11.5. The summed E-state index contributed by atoms with van der Waals surface area (Å²) in [6.07, 6.45) is 0.00524. The van der Waals surface area contributed by atoms with Gasteiger partial charge in [0, 0.05) is 19.4 Å². The number of benzene rings is 4. The Morgan fingerprint density at radius 1 is 0.673 bits per heavy atom. The van der Waals surface area contributed by atoms with Crippen molar-refractivity contribution in [2.75, 3.05) is 7.11 Å². The molecular weight excluding hydrogens is 644 g/mol. The van der Waals surface area contributed by atoms with Crippen LogP contribution in [-0.4, -0.2) is 57.2 Å². The monoisotopic (exact) mass is 684 g/mol. The molecule has 3 amide bonds. The van der Waals surface area contributed by atoms with Crippen molar-refractivity contribution in [1.82, 2.24) is 20.7 Å². The highest BCUT2D eigenvalue weighted by Gasteiger charge is 2.32. The fourth-order valence-corrected chi connectivity index (χ4v) is 6.52. The maximum atomic E-state index is 13.9. The van der Waals surface area contributed by atoms with E-state index in [1.807, 2.05) is 30.3 Å². The van der Waals surface area contributed by atoms with Crippen molar-refractivity contribution >= 4 is 33.5 Å². The second-order valence-corrected chi connectivity index (χ2v) is 13.2. The average Bonchev–Trinajstić information content (AvgIpc) is 3.10. The van der Waals surface area contributed by atoms with Gasteiger partial charge in [0.05, 0.1) is 18.0 Å². The lowest BCUT2D eigenvalue weighted by molar-refractivity contribution is -0.140. The highest BCUT2D eigenvalue weighted by molar-refractivity contribution is 7.89. The first kappa shape index (κ1) is 36.5. The first-order chi connectivity index (χ1) is 23.5. The Bertz CT molecular complexity index is 1850. The molecule has 0 saturated heterocycles. The highest BCUT2D eigenvalue weighted by Crippen LogP contribution is 2.16. The van der Waals surface area contributed by atoms with E-state index in [1.165, 1.54) is 20.1 Å². The normalized spacial score (nSPS) is 13.0. The SMILES string of the molecule is COc1ccc(CC(NC(=O)C(C)NS(=O)(=O)c2ccccc2C)C(=O)NC(Cc2ccccc2)C(=O)C(=O)NCc2ccccc2)cc1. The van der Waals surface area contributed by atoms with Crippen molar-refractivity contribution in [1.29, 1.82) is 0 Å². The predicted octanol–water partition coefficient (Wildman–Crippen LogP) is 3.01. The lowest BCUT2D eigenvalue weighted by Crippen LogP contribution is -2.57. The standard InChI is InChI=1S/C37H40N4O7S/c1-25-12-10-11-17-33(25)49(46,47)41-26(2)35(43)40-32(23-28-18-20-30(48-3)21-19-28)36(44)39-31(22-27-13-6-4-7-14-27)34(42)37(45)38-24-29-15-8-5-9-16-29/h4-21,26,31-32,41H,22-24H2,1-3H3,(H,38,45)(H,39,44)(H,40,43). The fraction of sp³-hybridized carbons (Fsp3) is 0.243. The molecule has 0 spiro atoms. The Morgan fingerprint density at radius 3 is 1.82 bits per heavy atom. The van der Waals surface area contributed by atoms with E-state index in [1.54, 1.807) is 79.7 Å². The number of ether oxygens (including phenoxy) is 1. The average molecular weight is 685 g/mol. The molecule has 3 atom stereocenters. The maximum absolute atomic E-state index is 13.9. The Hall–Kier alpha value is -5.33. The lowest BCUT2D eigenvalue weighted by atomic mass is 9.99. The van der Waals surface area contributed by atoms with Gasteiger partial charge in [0.25, 0.3) is 5.91 Å². The van der Waals surface area contributed by atoms with Crippen LogP contribution < -0.4 is 25.4 Å². The van der Waals surface area contributed by atoms with Crippen LogP contribution in [0, 0.1) is 6.92 Å². The van der Waals surface area contributed by atoms with Gasteiger partial charge in [-0.1, -0.05) is 91.0 Å². The minimum absolute atomic E-state index is 0.00865. The summed E-state index contributed by atoms with van der Waals surface area (Å²) in [5.74, 6) is -2.65. The van der Waals surface area contributed by atoms with Gasteiger partial charge >= 0.3 is 0 Å². The molecule has 0 radical (unpaired) electrons. The van der Waals surface area contributed by atoms with Crippen LogP contribution in [0.3, 0.4) is 0 Å². The molecule has 0 aliphatic rings. The number of nitrogens with one attached hydrogen (secondary N) is 4. The summed E-state index contributed by atoms with van der Waals surface area (Å²) in [6.45, 7) is 3.12. The van der Waals surface area contributed by atoms with Gasteiger partial charge in [-0.3, -0.25) is 19.2 Å². The van der Waals surface area contributed by atoms with Crippen LogP contribution in [0.5, 0.6) is 5.75 Å². The van der Waals surface area contributed by atoms with Crippen molar-refractivity contribution in [2.45, 2.75) is 56.3 Å². The van der Waals surface area contributed by atoms with Crippen molar-refractivity contribution in [2.24, 2.45) is 0 Å². The van der Waals surface area contributed by atoms with Crippen LogP contribution >= 0.6 is 0 Å². The van der Waals surface area contributed by atoms with E-state index >= 15 is 0 Å². The van der Waals surface area contributed by atoms with Crippen molar-refractivity contribution < 1.29 is 32.3 Å². The minimum atomic E-state index is -4.07. The molecular formula is C37H40N4O7S. The summed E-state index contributed by atoms with van der Waals surface area (Å²) in [5, 5.41) is 7.95. The second kappa shape index (κ2) is 17.2. The smallest absolute Gasteiger partial charge is 0.289 e. The first-order valence-corrected chi connectivity index (χ1v) is 17.2. The Balaban J connectivity index is 1.55. The van der Waals surface area contributed by atoms with Crippen LogP contribution in [0.4, 0.5) is 0 Å². The summed E-state index contributed by atoms with van der Waals surface area (Å²) >= 11 is 0. The van der Waals surface area contributed by atoms with Crippen molar-refractivity contribution in [3.8, 4) is 5.75 Å². The number of carbonyl (C=O) groups is 4. The van der Waals surface area contributed by atoms with Gasteiger partial charge in [-0.15, -0.1) is 0 Å². The third-order valence-corrected chi connectivity index (χ3v) is 9.48. The Kier molecular flexibility index (Phi) is 12.8. The molecule has 4 N–H and O–H groups in total. The first-order valence-electron chi connectivity index (χ1n) is 15.7. The maximum Gasteiger partial charge on any atom is 0.289 e. The number of sulfonamides is 1.